The molecule has 0 bridgehead atoms. The number of anilines is 1. The molecule has 0 unspecified atom stereocenters. The molecule has 0 radical (unpaired) electrons. The second-order valence-corrected chi connectivity index (χ2v) is 5.01. The minimum absolute atomic E-state index is 0.0196. The summed E-state index contributed by atoms with van der Waals surface area (Å²) < 4.78 is 11.0. The molecule has 1 aromatic rings. The molecular weight excluding hydrogens is 324 g/mol. The lowest BCUT2D eigenvalue weighted by Crippen LogP contribution is -2.32. The van der Waals surface area contributed by atoms with Gasteiger partial charge in [-0.1, -0.05) is 15.9 Å². The van der Waals surface area contributed by atoms with E-state index in [9.17, 15) is 4.79 Å². The van der Waals surface area contributed by atoms with Gasteiger partial charge < -0.3 is 14.4 Å². The van der Waals surface area contributed by atoms with Gasteiger partial charge in [-0.3, -0.25) is 4.79 Å². The molecule has 1 aromatic carbocycles. The number of carbonyl (C=O) groups is 1. The first kappa shape index (κ1) is 14.7. The van der Waals surface area contributed by atoms with E-state index in [1.807, 2.05) is 6.07 Å². The highest BCUT2D eigenvalue weighted by molar-refractivity contribution is 9.09. The van der Waals surface area contributed by atoms with Crippen LogP contribution in [0.4, 0.5) is 5.69 Å². The topological polar surface area (TPSA) is 62.6 Å². The zero-order chi connectivity index (χ0) is 14.4. The number of ether oxygens (including phenoxy) is 2. The van der Waals surface area contributed by atoms with Crippen molar-refractivity contribution in [2.45, 2.75) is 12.8 Å². The summed E-state index contributed by atoms with van der Waals surface area (Å²) in [7, 11) is 0. The van der Waals surface area contributed by atoms with Gasteiger partial charge in [0.1, 0.15) is 13.2 Å². The fourth-order valence-corrected chi connectivity index (χ4v) is 2.31. The Morgan fingerprint density at radius 2 is 2.10 bits per heavy atom. The number of nitriles is 1. The summed E-state index contributed by atoms with van der Waals surface area (Å²) in [5.74, 6) is 1.31. The van der Waals surface area contributed by atoms with E-state index in [4.69, 9.17) is 14.7 Å². The Balaban J connectivity index is 2.23. The average molecular weight is 339 g/mol. The molecule has 0 saturated heterocycles. The van der Waals surface area contributed by atoms with E-state index >= 15 is 0 Å². The van der Waals surface area contributed by atoms with Gasteiger partial charge in [0, 0.05) is 30.0 Å². The van der Waals surface area contributed by atoms with Crippen LogP contribution < -0.4 is 14.4 Å². The van der Waals surface area contributed by atoms with Crippen LogP contribution in [0.3, 0.4) is 0 Å². The Labute approximate surface area is 126 Å². The molecule has 0 N–H and O–H groups in total. The highest BCUT2D eigenvalue weighted by Crippen LogP contribution is 2.34. The molecule has 0 fully saturated rings. The molecule has 0 aromatic heterocycles. The van der Waals surface area contributed by atoms with E-state index in [1.165, 1.54) is 0 Å². The Bertz CT molecular complexity index is 528. The Morgan fingerprint density at radius 3 is 2.80 bits per heavy atom. The van der Waals surface area contributed by atoms with Gasteiger partial charge in [0.05, 0.1) is 12.5 Å². The van der Waals surface area contributed by atoms with Crippen LogP contribution in [0.1, 0.15) is 12.8 Å². The number of carbonyl (C=O) groups excluding carboxylic acids is 1. The Morgan fingerprint density at radius 1 is 1.35 bits per heavy atom. The van der Waals surface area contributed by atoms with Crippen LogP contribution in [0, 0.1) is 11.3 Å². The summed E-state index contributed by atoms with van der Waals surface area (Å²) in [6, 6.07) is 7.47. The predicted molar refractivity (Wildman–Crippen MR) is 78.4 cm³/mol. The van der Waals surface area contributed by atoms with Crippen molar-refractivity contribution >= 4 is 27.5 Å². The van der Waals surface area contributed by atoms with E-state index in [0.29, 0.717) is 49.4 Å². The fraction of sp³-hybridized carbons (Fsp3) is 0.429. The summed E-state index contributed by atoms with van der Waals surface area (Å²) in [4.78, 5) is 13.7. The van der Waals surface area contributed by atoms with Crippen molar-refractivity contribution in [2.75, 3.05) is 30.0 Å². The molecular formula is C14H15BrN2O3. The van der Waals surface area contributed by atoms with Crippen molar-refractivity contribution in [2.24, 2.45) is 0 Å². The molecule has 5 nitrogen and oxygen atoms in total. The number of halogens is 1. The molecule has 0 atom stereocenters. The number of nitrogens with zero attached hydrogens (tertiary/aromatic N) is 2. The maximum absolute atomic E-state index is 12.1. The lowest BCUT2D eigenvalue weighted by atomic mass is 10.2. The Kier molecular flexibility index (Phi) is 5.24. The van der Waals surface area contributed by atoms with Crippen LogP contribution in [0.5, 0.6) is 11.5 Å². The van der Waals surface area contributed by atoms with Crippen LogP contribution in [-0.4, -0.2) is 31.0 Å². The molecule has 0 spiro atoms. The predicted octanol–water partition coefficient (Wildman–Crippen LogP) is 2.49. The van der Waals surface area contributed by atoms with Crippen molar-refractivity contribution in [3.8, 4) is 17.6 Å². The summed E-state index contributed by atoms with van der Waals surface area (Å²) in [6.45, 7) is 1.42. The summed E-state index contributed by atoms with van der Waals surface area (Å²) in [5.41, 5.74) is 0.732. The Hall–Kier alpha value is -1.74. The SMILES string of the molecule is N#CCCN(C(=O)CCBr)c1ccc2c(c1)OCCO2. The van der Waals surface area contributed by atoms with Gasteiger partial charge in [0.15, 0.2) is 11.5 Å². The smallest absolute Gasteiger partial charge is 0.227 e. The number of benzene rings is 1. The number of hydrogen-bond acceptors (Lipinski definition) is 4. The van der Waals surface area contributed by atoms with Gasteiger partial charge in [-0.25, -0.2) is 0 Å². The van der Waals surface area contributed by atoms with Crippen LogP contribution in [-0.2, 0) is 4.79 Å². The van der Waals surface area contributed by atoms with Gasteiger partial charge in [0.2, 0.25) is 5.91 Å². The van der Waals surface area contributed by atoms with Gasteiger partial charge >= 0.3 is 0 Å². The normalized spacial score (nSPS) is 12.6. The van der Waals surface area contributed by atoms with Crippen molar-refractivity contribution < 1.29 is 14.3 Å². The van der Waals surface area contributed by atoms with E-state index in [0.717, 1.165) is 5.69 Å². The van der Waals surface area contributed by atoms with Crippen molar-refractivity contribution in [1.29, 1.82) is 5.26 Å². The lowest BCUT2D eigenvalue weighted by Gasteiger charge is -2.24. The van der Waals surface area contributed by atoms with E-state index in [2.05, 4.69) is 22.0 Å². The van der Waals surface area contributed by atoms with Crippen LogP contribution in [0.2, 0.25) is 0 Å². The summed E-state index contributed by atoms with van der Waals surface area (Å²) in [5, 5.41) is 9.32. The highest BCUT2D eigenvalue weighted by Gasteiger charge is 2.18. The number of fused-ring (bicyclic) bond motifs is 1. The van der Waals surface area contributed by atoms with Gasteiger partial charge in [0.25, 0.3) is 0 Å². The third-order valence-electron chi connectivity index (χ3n) is 2.89. The first-order valence-corrected chi connectivity index (χ1v) is 7.51. The zero-order valence-corrected chi connectivity index (χ0v) is 12.6. The molecule has 1 aliphatic heterocycles. The first-order valence-electron chi connectivity index (χ1n) is 6.39. The standard InChI is InChI=1S/C14H15BrN2O3/c15-5-4-14(18)17(7-1-6-16)11-2-3-12-13(10-11)20-9-8-19-12/h2-3,10H,1,4-5,7-9H2. The van der Waals surface area contributed by atoms with Crippen molar-refractivity contribution in [3.63, 3.8) is 0 Å². The van der Waals surface area contributed by atoms with Crippen LogP contribution in [0.15, 0.2) is 18.2 Å². The minimum Gasteiger partial charge on any atom is -0.486 e. The molecule has 20 heavy (non-hydrogen) atoms. The molecule has 6 heteroatoms. The number of hydrogen-bond donors (Lipinski definition) is 0. The lowest BCUT2D eigenvalue weighted by molar-refractivity contribution is -0.118. The zero-order valence-electron chi connectivity index (χ0n) is 11.0. The van der Waals surface area contributed by atoms with Gasteiger partial charge in [-0.2, -0.15) is 5.26 Å². The van der Waals surface area contributed by atoms with Gasteiger partial charge in [-0.05, 0) is 12.1 Å². The second-order valence-electron chi connectivity index (χ2n) is 4.22. The maximum atomic E-state index is 12.1. The van der Waals surface area contributed by atoms with Crippen LogP contribution in [0.25, 0.3) is 0 Å². The summed E-state index contributed by atoms with van der Waals surface area (Å²) >= 11 is 3.26. The minimum atomic E-state index is -0.0196. The number of amides is 1. The second kappa shape index (κ2) is 7.15. The highest BCUT2D eigenvalue weighted by atomic mass is 79.9. The van der Waals surface area contributed by atoms with Crippen LogP contribution >= 0.6 is 15.9 Å². The fourth-order valence-electron chi connectivity index (χ4n) is 1.98. The molecule has 1 amide bonds. The summed E-state index contributed by atoms with van der Waals surface area (Å²) in [6.07, 6.45) is 0.683. The molecule has 1 heterocycles. The largest absolute Gasteiger partial charge is 0.486 e. The average Bonchev–Trinajstić information content (AvgIpc) is 2.48. The van der Waals surface area contributed by atoms with Gasteiger partial charge in [-0.15, -0.1) is 0 Å². The van der Waals surface area contributed by atoms with Crippen molar-refractivity contribution in [3.05, 3.63) is 18.2 Å². The quantitative estimate of drug-likeness (QED) is 0.774. The monoisotopic (exact) mass is 338 g/mol. The molecule has 1 aliphatic rings. The number of alkyl halides is 1. The third kappa shape index (κ3) is 3.42. The molecule has 0 aliphatic carbocycles. The third-order valence-corrected chi connectivity index (χ3v) is 3.29. The van der Waals surface area contributed by atoms with E-state index < -0.39 is 0 Å². The van der Waals surface area contributed by atoms with Crippen molar-refractivity contribution in [1.82, 2.24) is 0 Å². The molecule has 106 valence electrons. The maximum Gasteiger partial charge on any atom is 0.227 e. The number of rotatable bonds is 5. The first-order chi connectivity index (χ1) is 9.76. The van der Waals surface area contributed by atoms with E-state index in [-0.39, 0.29) is 5.91 Å². The molecule has 0 saturated carbocycles. The molecule has 2 rings (SSSR count). The van der Waals surface area contributed by atoms with E-state index in [1.54, 1.807) is 17.0 Å².